The largest absolute Gasteiger partial charge is 0.367 e. The number of nitrogens with two attached hydrogens (primary N) is 2. The van der Waals surface area contributed by atoms with Gasteiger partial charge in [-0.05, 0) is 37.9 Å². The van der Waals surface area contributed by atoms with Crippen LogP contribution in [0.2, 0.25) is 0 Å². The molecule has 1 aromatic rings. The molecule has 112 valence electrons. The maximum Gasteiger partial charge on any atom is 0.240 e. The highest BCUT2D eigenvalue weighted by molar-refractivity contribution is 7.89. The van der Waals surface area contributed by atoms with E-state index >= 15 is 0 Å². The second-order valence-corrected chi connectivity index (χ2v) is 6.82. The fourth-order valence-electron chi connectivity index (χ4n) is 2.91. The summed E-state index contributed by atoms with van der Waals surface area (Å²) in [7, 11) is -3.71. The normalized spacial score (nSPS) is 16.5. The molecule has 0 radical (unpaired) electrons. The topological polar surface area (TPSA) is 89.4 Å². The van der Waals surface area contributed by atoms with Crippen LogP contribution in [0.25, 0.3) is 0 Å². The molecule has 6 heteroatoms. The number of rotatable bonds is 6. The molecular weight excluding hydrogens is 274 g/mol. The highest BCUT2D eigenvalue weighted by Gasteiger charge is 2.26. The number of nitrogens with zero attached hydrogens (tertiary/aromatic N) is 1. The van der Waals surface area contributed by atoms with Crippen molar-refractivity contribution in [3.05, 3.63) is 24.3 Å². The number of primary sulfonamides is 1. The third-order valence-corrected chi connectivity index (χ3v) is 4.81. The lowest BCUT2D eigenvalue weighted by Crippen LogP contribution is -2.36. The van der Waals surface area contributed by atoms with Gasteiger partial charge in [-0.1, -0.05) is 25.0 Å². The molecule has 1 aromatic carbocycles. The first kappa shape index (κ1) is 15.3. The second kappa shape index (κ2) is 6.56. The molecule has 1 saturated carbocycles. The molecule has 0 atom stereocenters. The molecule has 0 bridgehead atoms. The number of sulfonamides is 1. The molecule has 20 heavy (non-hydrogen) atoms. The monoisotopic (exact) mass is 297 g/mol. The van der Waals surface area contributed by atoms with Crippen LogP contribution in [0.3, 0.4) is 0 Å². The van der Waals surface area contributed by atoms with E-state index in [-0.39, 0.29) is 4.90 Å². The van der Waals surface area contributed by atoms with E-state index in [1.165, 1.54) is 12.8 Å². The number of hydrogen-bond donors (Lipinski definition) is 2. The van der Waals surface area contributed by atoms with Crippen molar-refractivity contribution in [2.24, 2.45) is 10.9 Å². The summed E-state index contributed by atoms with van der Waals surface area (Å²) >= 11 is 0. The van der Waals surface area contributed by atoms with Crippen molar-refractivity contribution < 1.29 is 8.42 Å². The molecule has 4 N–H and O–H groups in total. The van der Waals surface area contributed by atoms with E-state index in [9.17, 15) is 8.42 Å². The summed E-state index contributed by atoms with van der Waals surface area (Å²) in [6.45, 7) is 1.37. The van der Waals surface area contributed by atoms with E-state index < -0.39 is 10.0 Å². The van der Waals surface area contributed by atoms with Crippen LogP contribution in [0.15, 0.2) is 29.2 Å². The minimum absolute atomic E-state index is 0.212. The van der Waals surface area contributed by atoms with Crippen molar-refractivity contribution in [2.75, 3.05) is 18.0 Å². The van der Waals surface area contributed by atoms with Crippen molar-refractivity contribution in [2.45, 2.75) is 43.0 Å². The first-order chi connectivity index (χ1) is 9.54. The van der Waals surface area contributed by atoms with E-state index in [1.807, 2.05) is 12.1 Å². The number of hydrogen-bond acceptors (Lipinski definition) is 4. The number of benzene rings is 1. The summed E-state index contributed by atoms with van der Waals surface area (Å²) in [5.41, 5.74) is 6.33. The van der Waals surface area contributed by atoms with Crippen molar-refractivity contribution in [3.63, 3.8) is 0 Å². The molecule has 5 nitrogen and oxygen atoms in total. The number of para-hydroxylation sites is 1. The fraction of sp³-hybridized carbons (Fsp3) is 0.571. The van der Waals surface area contributed by atoms with Gasteiger partial charge < -0.3 is 10.6 Å². The van der Waals surface area contributed by atoms with E-state index in [1.54, 1.807) is 12.1 Å². The predicted octanol–water partition coefficient (Wildman–Crippen LogP) is 1.43. The molecule has 1 aliphatic rings. The second-order valence-electron chi connectivity index (χ2n) is 5.29. The van der Waals surface area contributed by atoms with Crippen molar-refractivity contribution >= 4 is 15.7 Å². The average molecular weight is 297 g/mol. The summed E-state index contributed by atoms with van der Waals surface area (Å²) < 4.78 is 23.5. The molecular formula is C14H23N3O2S. The van der Waals surface area contributed by atoms with Gasteiger partial charge in [0.05, 0.1) is 5.69 Å². The smallest absolute Gasteiger partial charge is 0.240 e. The number of anilines is 1. The van der Waals surface area contributed by atoms with Crippen molar-refractivity contribution in [1.82, 2.24) is 0 Å². The summed E-state index contributed by atoms with van der Waals surface area (Å²) in [4.78, 5) is 2.39. The Kier molecular flexibility index (Phi) is 5.01. The Morgan fingerprint density at radius 3 is 2.45 bits per heavy atom. The lowest BCUT2D eigenvalue weighted by atomic mass is 10.1. The van der Waals surface area contributed by atoms with Gasteiger partial charge >= 0.3 is 0 Å². The molecule has 0 spiro atoms. The quantitative estimate of drug-likeness (QED) is 0.831. The van der Waals surface area contributed by atoms with Crippen LogP contribution in [0.5, 0.6) is 0 Å². The molecule has 0 aliphatic heterocycles. The average Bonchev–Trinajstić information content (AvgIpc) is 2.92. The SMILES string of the molecule is NCCCN(c1ccccc1S(N)(=O)=O)C1CCCC1. The van der Waals surface area contributed by atoms with Gasteiger partial charge in [0.15, 0.2) is 0 Å². The molecule has 1 aliphatic carbocycles. The standard InChI is InChI=1S/C14H23N3O2S/c15-10-5-11-17(12-6-1-2-7-12)13-8-3-4-9-14(13)20(16,18)19/h3-4,8-9,12H,1-2,5-7,10-11,15H2,(H2,16,18,19). The van der Waals surface area contributed by atoms with Crippen LogP contribution in [0.1, 0.15) is 32.1 Å². The van der Waals surface area contributed by atoms with Crippen molar-refractivity contribution in [3.8, 4) is 0 Å². The maximum atomic E-state index is 11.8. The first-order valence-electron chi connectivity index (χ1n) is 7.12. The zero-order chi connectivity index (χ0) is 14.6. The van der Waals surface area contributed by atoms with E-state index in [2.05, 4.69) is 4.90 Å². The minimum atomic E-state index is -3.71. The van der Waals surface area contributed by atoms with Gasteiger partial charge in [0.2, 0.25) is 10.0 Å². The Morgan fingerprint density at radius 1 is 1.20 bits per heavy atom. The summed E-state index contributed by atoms with van der Waals surface area (Å²) in [6, 6.07) is 7.38. The Bertz CT molecular complexity index is 539. The Hall–Kier alpha value is -1.11. The summed E-state index contributed by atoms with van der Waals surface area (Å²) in [5.74, 6) is 0. The molecule has 0 unspecified atom stereocenters. The highest BCUT2D eigenvalue weighted by Crippen LogP contribution is 2.32. The van der Waals surface area contributed by atoms with Gasteiger partial charge in [-0.25, -0.2) is 13.6 Å². The molecule has 0 heterocycles. The van der Waals surface area contributed by atoms with Crippen LogP contribution in [0.4, 0.5) is 5.69 Å². The third kappa shape index (κ3) is 3.50. The lowest BCUT2D eigenvalue weighted by Gasteiger charge is -2.32. The molecule has 2 rings (SSSR count). The zero-order valence-electron chi connectivity index (χ0n) is 11.7. The van der Waals surface area contributed by atoms with E-state index in [4.69, 9.17) is 10.9 Å². The molecule has 0 aromatic heterocycles. The van der Waals surface area contributed by atoms with Gasteiger partial charge in [-0.3, -0.25) is 0 Å². The van der Waals surface area contributed by atoms with Crippen LogP contribution >= 0.6 is 0 Å². The first-order valence-corrected chi connectivity index (χ1v) is 8.67. The van der Waals surface area contributed by atoms with Crippen LogP contribution in [-0.2, 0) is 10.0 Å². The van der Waals surface area contributed by atoms with Gasteiger partial charge in [-0.15, -0.1) is 0 Å². The molecule has 0 saturated heterocycles. The Morgan fingerprint density at radius 2 is 1.85 bits per heavy atom. The van der Waals surface area contributed by atoms with Crippen molar-refractivity contribution in [1.29, 1.82) is 0 Å². The lowest BCUT2D eigenvalue weighted by molar-refractivity contribution is 0.581. The molecule has 1 fully saturated rings. The van der Waals surface area contributed by atoms with Gasteiger partial charge in [0.25, 0.3) is 0 Å². The van der Waals surface area contributed by atoms with Crippen LogP contribution in [0, 0.1) is 0 Å². The fourth-order valence-corrected chi connectivity index (χ4v) is 3.66. The van der Waals surface area contributed by atoms with Crippen LogP contribution < -0.4 is 15.8 Å². The molecule has 0 amide bonds. The van der Waals surface area contributed by atoms with E-state index in [0.29, 0.717) is 12.6 Å². The minimum Gasteiger partial charge on any atom is -0.367 e. The van der Waals surface area contributed by atoms with Gasteiger partial charge in [0, 0.05) is 12.6 Å². The highest BCUT2D eigenvalue weighted by atomic mass is 32.2. The Labute approximate surface area is 121 Å². The van der Waals surface area contributed by atoms with Gasteiger partial charge in [-0.2, -0.15) is 0 Å². The summed E-state index contributed by atoms with van der Waals surface area (Å²) in [5, 5.41) is 5.34. The Balaban J connectivity index is 2.37. The summed E-state index contributed by atoms with van der Waals surface area (Å²) in [6.07, 6.45) is 5.44. The maximum absolute atomic E-state index is 11.8. The van der Waals surface area contributed by atoms with Gasteiger partial charge in [0.1, 0.15) is 4.90 Å². The van der Waals surface area contributed by atoms with Crippen LogP contribution in [-0.4, -0.2) is 27.5 Å². The zero-order valence-corrected chi connectivity index (χ0v) is 12.5. The third-order valence-electron chi connectivity index (χ3n) is 3.85. The predicted molar refractivity (Wildman–Crippen MR) is 81.1 cm³/mol. The van der Waals surface area contributed by atoms with E-state index in [0.717, 1.165) is 31.5 Å².